The van der Waals surface area contributed by atoms with E-state index in [0.29, 0.717) is 16.9 Å². The van der Waals surface area contributed by atoms with E-state index in [1.807, 2.05) is 24.3 Å². The molecule has 0 aliphatic carbocycles. The van der Waals surface area contributed by atoms with E-state index in [-0.39, 0.29) is 11.8 Å². The van der Waals surface area contributed by atoms with Crippen LogP contribution in [0.2, 0.25) is 10.3 Å². The van der Waals surface area contributed by atoms with E-state index in [1.54, 1.807) is 6.26 Å². The third kappa shape index (κ3) is 4.72. The van der Waals surface area contributed by atoms with E-state index in [0.717, 1.165) is 43.8 Å². The summed E-state index contributed by atoms with van der Waals surface area (Å²) in [5.41, 5.74) is 1.04. The van der Waals surface area contributed by atoms with Gasteiger partial charge in [0.1, 0.15) is 16.1 Å². The lowest BCUT2D eigenvalue weighted by atomic mass is 9.95. The molecule has 0 saturated carbocycles. The van der Waals surface area contributed by atoms with Crippen LogP contribution < -0.4 is 5.32 Å². The van der Waals surface area contributed by atoms with Gasteiger partial charge in [-0.2, -0.15) is 0 Å². The number of pyridine rings is 1. The molecule has 3 heterocycles. The Hall–Kier alpha value is -1.56. The van der Waals surface area contributed by atoms with Gasteiger partial charge < -0.3 is 9.73 Å². The van der Waals surface area contributed by atoms with E-state index in [1.165, 1.54) is 0 Å². The normalized spacial score (nSPS) is 16.2. The first kappa shape index (κ1) is 17.3. The van der Waals surface area contributed by atoms with Crippen LogP contribution in [-0.2, 0) is 17.9 Å². The second-order valence-electron chi connectivity index (χ2n) is 5.97. The summed E-state index contributed by atoms with van der Waals surface area (Å²) in [5.74, 6) is 0.925. The lowest BCUT2D eigenvalue weighted by Crippen LogP contribution is -2.40. The third-order valence-electron chi connectivity index (χ3n) is 4.20. The lowest BCUT2D eigenvalue weighted by Gasteiger charge is -2.31. The molecule has 24 heavy (non-hydrogen) atoms. The second-order valence-corrected chi connectivity index (χ2v) is 6.74. The molecule has 1 fully saturated rings. The number of nitrogens with one attached hydrogen (secondary N) is 1. The van der Waals surface area contributed by atoms with Gasteiger partial charge in [-0.1, -0.05) is 23.2 Å². The Labute approximate surface area is 150 Å². The molecule has 0 bridgehead atoms. The number of rotatable bonds is 5. The summed E-state index contributed by atoms with van der Waals surface area (Å²) in [5, 5.41) is 3.75. The maximum Gasteiger partial charge on any atom is 0.223 e. The van der Waals surface area contributed by atoms with Crippen LogP contribution in [0.15, 0.2) is 34.9 Å². The van der Waals surface area contributed by atoms with Gasteiger partial charge in [0.15, 0.2) is 0 Å². The van der Waals surface area contributed by atoms with Crippen molar-refractivity contribution in [3.8, 4) is 0 Å². The quantitative estimate of drug-likeness (QED) is 0.821. The van der Waals surface area contributed by atoms with Crippen molar-refractivity contribution in [3.63, 3.8) is 0 Å². The van der Waals surface area contributed by atoms with Crippen LogP contribution in [0.3, 0.4) is 0 Å². The number of furan rings is 1. The Kier molecular flexibility index (Phi) is 5.76. The maximum absolute atomic E-state index is 12.2. The first-order chi connectivity index (χ1) is 11.6. The molecule has 7 heteroatoms. The number of aromatic nitrogens is 1. The highest BCUT2D eigenvalue weighted by molar-refractivity contribution is 6.32. The van der Waals surface area contributed by atoms with Gasteiger partial charge in [-0.15, -0.1) is 0 Å². The maximum atomic E-state index is 12.2. The average Bonchev–Trinajstić information content (AvgIpc) is 3.06. The molecule has 0 radical (unpaired) electrons. The predicted octanol–water partition coefficient (Wildman–Crippen LogP) is 3.51. The van der Waals surface area contributed by atoms with E-state index in [9.17, 15) is 4.79 Å². The van der Waals surface area contributed by atoms with Gasteiger partial charge in [0.05, 0.1) is 12.8 Å². The Balaban J connectivity index is 1.45. The fourth-order valence-corrected chi connectivity index (χ4v) is 3.45. The Bertz CT molecular complexity index is 663. The standard InChI is InChI=1S/C17H19Cl2N3O2/c18-15-8-12(9-16(19)21-15)11-22-5-3-13(4-6-22)17(23)20-10-14-2-1-7-24-14/h1-2,7-9,13H,3-6,10-11H2,(H,20,23). The molecular weight excluding hydrogens is 349 g/mol. The Morgan fingerprint density at radius 3 is 2.62 bits per heavy atom. The van der Waals surface area contributed by atoms with Crippen molar-refractivity contribution < 1.29 is 9.21 Å². The number of nitrogens with zero attached hydrogens (tertiary/aromatic N) is 2. The highest BCUT2D eigenvalue weighted by Gasteiger charge is 2.25. The van der Waals surface area contributed by atoms with Crippen molar-refractivity contribution >= 4 is 29.1 Å². The van der Waals surface area contributed by atoms with Crippen LogP contribution in [0.1, 0.15) is 24.2 Å². The van der Waals surface area contributed by atoms with Crippen LogP contribution in [0, 0.1) is 5.92 Å². The summed E-state index contributed by atoms with van der Waals surface area (Å²) < 4.78 is 5.22. The molecule has 2 aromatic rings. The molecule has 2 aromatic heterocycles. The van der Waals surface area contributed by atoms with Crippen molar-refractivity contribution in [2.24, 2.45) is 5.92 Å². The smallest absolute Gasteiger partial charge is 0.223 e. The zero-order valence-electron chi connectivity index (χ0n) is 13.2. The summed E-state index contributed by atoms with van der Waals surface area (Å²) in [4.78, 5) is 18.5. The van der Waals surface area contributed by atoms with E-state index in [2.05, 4.69) is 15.2 Å². The van der Waals surface area contributed by atoms with Crippen LogP contribution in [-0.4, -0.2) is 28.9 Å². The molecule has 1 aliphatic rings. The van der Waals surface area contributed by atoms with Gasteiger partial charge in [0.25, 0.3) is 0 Å². The van der Waals surface area contributed by atoms with Crippen molar-refractivity contribution in [1.82, 2.24) is 15.2 Å². The monoisotopic (exact) mass is 367 g/mol. The molecule has 5 nitrogen and oxygen atoms in total. The molecule has 1 N–H and O–H groups in total. The minimum atomic E-state index is 0.0563. The molecule has 1 aliphatic heterocycles. The zero-order chi connectivity index (χ0) is 16.9. The first-order valence-electron chi connectivity index (χ1n) is 7.94. The molecule has 128 valence electrons. The molecule has 0 aromatic carbocycles. The van der Waals surface area contributed by atoms with Gasteiger partial charge >= 0.3 is 0 Å². The van der Waals surface area contributed by atoms with Crippen LogP contribution in [0.5, 0.6) is 0 Å². The van der Waals surface area contributed by atoms with E-state index >= 15 is 0 Å². The van der Waals surface area contributed by atoms with Crippen LogP contribution >= 0.6 is 23.2 Å². The Morgan fingerprint density at radius 1 is 1.29 bits per heavy atom. The van der Waals surface area contributed by atoms with Crippen molar-refractivity contribution in [3.05, 3.63) is 52.2 Å². The van der Waals surface area contributed by atoms with Gasteiger partial charge in [-0.25, -0.2) is 4.98 Å². The zero-order valence-corrected chi connectivity index (χ0v) is 14.7. The number of piperidine rings is 1. The molecule has 0 atom stereocenters. The van der Waals surface area contributed by atoms with Gasteiger partial charge in [0.2, 0.25) is 5.91 Å². The van der Waals surface area contributed by atoms with Gasteiger partial charge in [-0.05, 0) is 55.8 Å². The molecule has 0 unspecified atom stereocenters. The summed E-state index contributed by atoms with van der Waals surface area (Å²) in [6.07, 6.45) is 3.30. The minimum absolute atomic E-state index is 0.0563. The summed E-state index contributed by atoms with van der Waals surface area (Å²) >= 11 is 11.9. The van der Waals surface area contributed by atoms with E-state index < -0.39 is 0 Å². The molecule has 3 rings (SSSR count). The largest absolute Gasteiger partial charge is 0.467 e. The Morgan fingerprint density at radius 2 is 2.00 bits per heavy atom. The highest BCUT2D eigenvalue weighted by atomic mass is 35.5. The first-order valence-corrected chi connectivity index (χ1v) is 8.70. The molecule has 1 amide bonds. The second kappa shape index (κ2) is 8.01. The minimum Gasteiger partial charge on any atom is -0.467 e. The third-order valence-corrected chi connectivity index (χ3v) is 4.59. The van der Waals surface area contributed by atoms with Crippen LogP contribution in [0.4, 0.5) is 0 Å². The van der Waals surface area contributed by atoms with Crippen molar-refractivity contribution in [2.45, 2.75) is 25.9 Å². The summed E-state index contributed by atoms with van der Waals surface area (Å²) in [6, 6.07) is 7.33. The van der Waals surface area contributed by atoms with Gasteiger partial charge in [-0.3, -0.25) is 9.69 Å². The number of carbonyl (C=O) groups is 1. The van der Waals surface area contributed by atoms with Crippen molar-refractivity contribution in [2.75, 3.05) is 13.1 Å². The summed E-state index contributed by atoms with van der Waals surface area (Å²) in [6.45, 7) is 2.95. The number of carbonyl (C=O) groups excluding carboxylic acids is 1. The molecular formula is C17H19Cl2N3O2. The number of amides is 1. The highest BCUT2D eigenvalue weighted by Crippen LogP contribution is 2.21. The lowest BCUT2D eigenvalue weighted by molar-refractivity contribution is -0.126. The fourth-order valence-electron chi connectivity index (χ4n) is 2.95. The van der Waals surface area contributed by atoms with E-state index in [4.69, 9.17) is 27.6 Å². The number of hydrogen-bond acceptors (Lipinski definition) is 4. The SMILES string of the molecule is O=C(NCc1ccco1)C1CCN(Cc2cc(Cl)nc(Cl)c2)CC1. The molecule has 0 spiro atoms. The predicted molar refractivity (Wildman–Crippen MR) is 92.8 cm³/mol. The number of hydrogen-bond donors (Lipinski definition) is 1. The summed E-state index contributed by atoms with van der Waals surface area (Å²) in [7, 11) is 0. The van der Waals surface area contributed by atoms with Gasteiger partial charge in [0, 0.05) is 12.5 Å². The average molecular weight is 368 g/mol. The number of halogens is 2. The van der Waals surface area contributed by atoms with Crippen molar-refractivity contribution in [1.29, 1.82) is 0 Å². The van der Waals surface area contributed by atoms with Crippen LogP contribution in [0.25, 0.3) is 0 Å². The fraction of sp³-hybridized carbons (Fsp3) is 0.412. The number of likely N-dealkylation sites (tertiary alicyclic amines) is 1. The topological polar surface area (TPSA) is 58.4 Å². The molecule has 1 saturated heterocycles.